The fourth-order valence-electron chi connectivity index (χ4n) is 1.81. The first kappa shape index (κ1) is 14.1. The number of aryl methyl sites for hydroxylation is 1. The highest BCUT2D eigenvalue weighted by Crippen LogP contribution is 2.17. The highest BCUT2D eigenvalue weighted by molar-refractivity contribution is 5.95. The smallest absolute Gasteiger partial charge is 0.340 e. The number of nitrogens with zero attached hydrogens (tertiary/aromatic N) is 1. The van der Waals surface area contributed by atoms with Gasteiger partial charge in [0.25, 0.3) is 0 Å². The van der Waals surface area contributed by atoms with Crippen LogP contribution in [-0.4, -0.2) is 17.6 Å². The molecular formula is C16H18N2O2. The molecule has 4 nitrogen and oxygen atoms in total. The lowest BCUT2D eigenvalue weighted by Crippen LogP contribution is -2.10. The number of carbonyl (C=O) groups excluding carboxylic acids is 1. The molecule has 1 N–H and O–H groups in total. The van der Waals surface area contributed by atoms with Crippen LogP contribution < -0.4 is 5.32 Å². The molecule has 20 heavy (non-hydrogen) atoms. The van der Waals surface area contributed by atoms with Crippen LogP contribution in [0.4, 0.5) is 5.69 Å². The van der Waals surface area contributed by atoms with E-state index in [9.17, 15) is 4.79 Å². The summed E-state index contributed by atoms with van der Waals surface area (Å²) < 4.78 is 5.04. The van der Waals surface area contributed by atoms with Gasteiger partial charge >= 0.3 is 5.97 Å². The highest BCUT2D eigenvalue weighted by atomic mass is 16.5. The second kappa shape index (κ2) is 6.70. The van der Waals surface area contributed by atoms with Crippen LogP contribution in [0.25, 0.3) is 0 Å². The second-order valence-corrected chi connectivity index (χ2v) is 4.45. The third-order valence-electron chi connectivity index (χ3n) is 2.85. The van der Waals surface area contributed by atoms with Gasteiger partial charge in [-0.3, -0.25) is 4.98 Å². The summed E-state index contributed by atoms with van der Waals surface area (Å²) in [5.74, 6) is -0.313. The van der Waals surface area contributed by atoms with Crippen LogP contribution >= 0.6 is 0 Å². The SMILES string of the molecule is CCOC(=O)c1ccccc1NCc1ccc(C)cn1. The molecule has 0 saturated heterocycles. The van der Waals surface area contributed by atoms with Crippen molar-refractivity contribution in [2.45, 2.75) is 20.4 Å². The van der Waals surface area contributed by atoms with Gasteiger partial charge in [-0.1, -0.05) is 18.2 Å². The van der Waals surface area contributed by atoms with Gasteiger partial charge in [0.15, 0.2) is 0 Å². The summed E-state index contributed by atoms with van der Waals surface area (Å²) >= 11 is 0. The quantitative estimate of drug-likeness (QED) is 0.848. The number of pyridine rings is 1. The Bertz CT molecular complexity index is 579. The number of aromatic nitrogens is 1. The van der Waals surface area contributed by atoms with E-state index in [1.165, 1.54) is 0 Å². The number of nitrogens with one attached hydrogen (secondary N) is 1. The highest BCUT2D eigenvalue weighted by Gasteiger charge is 2.11. The Kier molecular flexibility index (Phi) is 4.71. The molecule has 1 aromatic carbocycles. The van der Waals surface area contributed by atoms with E-state index < -0.39 is 0 Å². The molecule has 2 rings (SSSR count). The van der Waals surface area contributed by atoms with Crippen LogP contribution in [0, 0.1) is 6.92 Å². The summed E-state index contributed by atoms with van der Waals surface area (Å²) in [5.41, 5.74) is 3.35. The molecule has 1 aromatic heterocycles. The number of carbonyl (C=O) groups is 1. The van der Waals surface area contributed by atoms with Crippen molar-refractivity contribution in [3.8, 4) is 0 Å². The first-order valence-corrected chi connectivity index (χ1v) is 6.62. The average molecular weight is 270 g/mol. The van der Waals surface area contributed by atoms with Crippen molar-refractivity contribution >= 4 is 11.7 Å². The number of hydrogen-bond donors (Lipinski definition) is 1. The first-order chi connectivity index (χ1) is 9.70. The number of para-hydroxylation sites is 1. The molecule has 104 valence electrons. The lowest BCUT2D eigenvalue weighted by Gasteiger charge is -2.11. The fraction of sp³-hybridized carbons (Fsp3) is 0.250. The normalized spacial score (nSPS) is 10.1. The van der Waals surface area contributed by atoms with Crippen molar-refractivity contribution in [2.75, 3.05) is 11.9 Å². The topological polar surface area (TPSA) is 51.2 Å². The molecule has 0 aliphatic rings. The van der Waals surface area contributed by atoms with Crippen LogP contribution in [0.2, 0.25) is 0 Å². The van der Waals surface area contributed by atoms with Crippen molar-refractivity contribution in [1.29, 1.82) is 0 Å². The Hall–Kier alpha value is -2.36. The van der Waals surface area contributed by atoms with E-state index in [1.54, 1.807) is 13.0 Å². The molecule has 2 aromatic rings. The lowest BCUT2D eigenvalue weighted by molar-refractivity contribution is 0.0527. The Morgan fingerprint density at radius 1 is 1.25 bits per heavy atom. The second-order valence-electron chi connectivity index (χ2n) is 4.45. The first-order valence-electron chi connectivity index (χ1n) is 6.62. The Morgan fingerprint density at radius 3 is 2.75 bits per heavy atom. The zero-order valence-corrected chi connectivity index (χ0v) is 11.7. The maximum atomic E-state index is 11.8. The number of ether oxygens (including phenoxy) is 1. The Balaban J connectivity index is 2.09. The molecule has 0 aliphatic carbocycles. The van der Waals surface area contributed by atoms with E-state index in [0.717, 1.165) is 16.9 Å². The number of esters is 1. The van der Waals surface area contributed by atoms with Gasteiger partial charge in [0.05, 0.1) is 24.4 Å². The molecule has 0 radical (unpaired) electrons. The van der Waals surface area contributed by atoms with Crippen molar-refractivity contribution in [2.24, 2.45) is 0 Å². The molecule has 0 aliphatic heterocycles. The molecular weight excluding hydrogens is 252 g/mol. The van der Waals surface area contributed by atoms with Gasteiger partial charge in [0.1, 0.15) is 0 Å². The van der Waals surface area contributed by atoms with E-state index in [2.05, 4.69) is 10.3 Å². The van der Waals surface area contributed by atoms with Gasteiger partial charge in [-0.25, -0.2) is 4.79 Å². The predicted octanol–water partition coefficient (Wildman–Crippen LogP) is 3.18. The summed E-state index contributed by atoms with van der Waals surface area (Å²) in [4.78, 5) is 16.2. The van der Waals surface area contributed by atoms with Crippen LogP contribution in [0.3, 0.4) is 0 Å². The summed E-state index contributed by atoms with van der Waals surface area (Å²) in [6, 6.07) is 11.3. The summed E-state index contributed by atoms with van der Waals surface area (Å²) in [7, 11) is 0. The third-order valence-corrected chi connectivity index (χ3v) is 2.85. The largest absolute Gasteiger partial charge is 0.462 e. The lowest BCUT2D eigenvalue weighted by atomic mass is 10.1. The minimum absolute atomic E-state index is 0.313. The van der Waals surface area contributed by atoms with E-state index in [0.29, 0.717) is 18.7 Å². The molecule has 4 heteroatoms. The van der Waals surface area contributed by atoms with Crippen LogP contribution in [0.1, 0.15) is 28.5 Å². The maximum Gasteiger partial charge on any atom is 0.340 e. The number of anilines is 1. The number of rotatable bonds is 5. The van der Waals surface area contributed by atoms with Gasteiger partial charge in [-0.15, -0.1) is 0 Å². The standard InChI is InChI=1S/C16H18N2O2/c1-3-20-16(19)14-6-4-5-7-15(14)18-11-13-9-8-12(2)10-17-13/h4-10,18H,3,11H2,1-2H3. The van der Waals surface area contributed by atoms with Gasteiger partial charge in [-0.2, -0.15) is 0 Å². The minimum Gasteiger partial charge on any atom is -0.462 e. The zero-order valence-electron chi connectivity index (χ0n) is 11.7. The summed E-state index contributed by atoms with van der Waals surface area (Å²) in [6.45, 7) is 4.73. The van der Waals surface area contributed by atoms with E-state index >= 15 is 0 Å². The number of benzene rings is 1. The van der Waals surface area contributed by atoms with E-state index in [-0.39, 0.29) is 5.97 Å². The third kappa shape index (κ3) is 3.57. The fourth-order valence-corrected chi connectivity index (χ4v) is 1.81. The summed E-state index contributed by atoms with van der Waals surface area (Å²) in [5, 5.41) is 3.22. The van der Waals surface area contributed by atoms with Crippen LogP contribution in [0.5, 0.6) is 0 Å². The van der Waals surface area contributed by atoms with E-state index in [4.69, 9.17) is 4.74 Å². The molecule has 1 heterocycles. The molecule has 0 spiro atoms. The molecule has 0 unspecified atom stereocenters. The van der Waals surface area contributed by atoms with E-state index in [1.807, 2.05) is 43.5 Å². The van der Waals surface area contributed by atoms with Crippen molar-refractivity contribution in [1.82, 2.24) is 4.98 Å². The van der Waals surface area contributed by atoms with Gasteiger partial charge in [0, 0.05) is 11.9 Å². The van der Waals surface area contributed by atoms with Crippen LogP contribution in [0.15, 0.2) is 42.6 Å². The zero-order chi connectivity index (χ0) is 14.4. The van der Waals surface area contributed by atoms with Crippen molar-refractivity contribution < 1.29 is 9.53 Å². The molecule has 0 saturated carbocycles. The maximum absolute atomic E-state index is 11.8. The van der Waals surface area contributed by atoms with Crippen LogP contribution in [-0.2, 0) is 11.3 Å². The minimum atomic E-state index is -0.313. The van der Waals surface area contributed by atoms with Gasteiger partial charge < -0.3 is 10.1 Å². The van der Waals surface area contributed by atoms with Crippen molar-refractivity contribution in [3.05, 3.63) is 59.4 Å². The Labute approximate surface area is 118 Å². The molecule has 0 bridgehead atoms. The molecule has 0 atom stereocenters. The Morgan fingerprint density at radius 2 is 2.05 bits per heavy atom. The molecule has 0 amide bonds. The monoisotopic (exact) mass is 270 g/mol. The number of hydrogen-bond acceptors (Lipinski definition) is 4. The van der Waals surface area contributed by atoms with Gasteiger partial charge in [-0.05, 0) is 37.6 Å². The van der Waals surface area contributed by atoms with Crippen molar-refractivity contribution in [3.63, 3.8) is 0 Å². The summed E-state index contributed by atoms with van der Waals surface area (Å²) in [6.07, 6.45) is 1.83. The molecule has 0 fully saturated rings. The van der Waals surface area contributed by atoms with Gasteiger partial charge in [0.2, 0.25) is 0 Å². The average Bonchev–Trinajstić information content (AvgIpc) is 2.47. The predicted molar refractivity (Wildman–Crippen MR) is 78.7 cm³/mol.